The second-order valence-corrected chi connectivity index (χ2v) is 10.3. The molecule has 7 heteroatoms. The Morgan fingerprint density at radius 2 is 1.89 bits per heavy atom. The number of amides is 1. The molecule has 1 fully saturated rings. The van der Waals surface area contributed by atoms with Crippen molar-refractivity contribution in [2.45, 2.75) is 24.0 Å². The van der Waals surface area contributed by atoms with E-state index in [9.17, 15) is 9.59 Å². The van der Waals surface area contributed by atoms with Gasteiger partial charge in [-0.1, -0.05) is 12.1 Å². The van der Waals surface area contributed by atoms with E-state index in [0.29, 0.717) is 23.2 Å². The van der Waals surface area contributed by atoms with Gasteiger partial charge in [-0.3, -0.25) is 4.79 Å². The number of esters is 1. The van der Waals surface area contributed by atoms with Crippen LogP contribution in [0.15, 0.2) is 35.7 Å². The first-order valence-electron chi connectivity index (χ1n) is 9.04. The molecule has 4 nitrogen and oxygen atoms in total. The van der Waals surface area contributed by atoms with Crippen molar-refractivity contribution in [2.24, 2.45) is 0 Å². The average Bonchev–Trinajstić information content (AvgIpc) is 3.20. The van der Waals surface area contributed by atoms with Gasteiger partial charge in [-0.25, -0.2) is 4.79 Å². The Morgan fingerprint density at radius 3 is 2.67 bits per heavy atom. The van der Waals surface area contributed by atoms with Gasteiger partial charge in [0.05, 0.1) is 10.1 Å². The molecule has 0 spiro atoms. The quantitative estimate of drug-likeness (QED) is 0.689. The average molecular weight is 420 g/mol. The first kappa shape index (κ1) is 18.9. The molecule has 27 heavy (non-hydrogen) atoms. The molecule has 0 unspecified atom stereocenters. The van der Waals surface area contributed by atoms with Crippen LogP contribution in [0, 0.1) is 0 Å². The number of fused-ring (bicyclic) bond motifs is 1. The first-order chi connectivity index (χ1) is 13.2. The van der Waals surface area contributed by atoms with Gasteiger partial charge >= 0.3 is 5.97 Å². The molecule has 4 rings (SSSR count). The topological polar surface area (TPSA) is 46.6 Å². The zero-order chi connectivity index (χ0) is 18.6. The molecule has 0 N–H and O–H groups in total. The van der Waals surface area contributed by atoms with Crippen LogP contribution in [0.1, 0.15) is 37.4 Å². The van der Waals surface area contributed by atoms with E-state index in [1.807, 2.05) is 35.7 Å². The van der Waals surface area contributed by atoms with Gasteiger partial charge in [0.1, 0.15) is 0 Å². The van der Waals surface area contributed by atoms with Crippen LogP contribution in [0.2, 0.25) is 0 Å². The van der Waals surface area contributed by atoms with Gasteiger partial charge in [0.25, 0.3) is 5.91 Å². The molecule has 1 aromatic heterocycles. The molecule has 2 aliphatic heterocycles. The predicted molar refractivity (Wildman–Crippen MR) is 112 cm³/mol. The summed E-state index contributed by atoms with van der Waals surface area (Å²) in [5.74, 6) is 1.80. The van der Waals surface area contributed by atoms with Crippen LogP contribution in [-0.2, 0) is 22.5 Å². The van der Waals surface area contributed by atoms with Crippen molar-refractivity contribution < 1.29 is 14.3 Å². The van der Waals surface area contributed by atoms with Crippen molar-refractivity contribution in [3.05, 3.63) is 57.3 Å². The summed E-state index contributed by atoms with van der Waals surface area (Å²) in [6.07, 6.45) is 2.14. The number of thiophene rings is 1. The van der Waals surface area contributed by atoms with Crippen LogP contribution < -0.4 is 0 Å². The SMILES string of the molecule is O=C(OCC(=O)N1CCc2sccc2C1)c1ccc(C2SCCCS2)cc1. The Morgan fingerprint density at radius 1 is 1.11 bits per heavy atom. The summed E-state index contributed by atoms with van der Waals surface area (Å²) in [7, 11) is 0. The van der Waals surface area contributed by atoms with E-state index in [-0.39, 0.29) is 12.5 Å². The molecule has 2 aliphatic rings. The standard InChI is InChI=1S/C20H21NO3S3/c22-18(21-8-6-17-16(12-21)7-11-25-17)13-24-19(23)14-2-4-15(5-3-14)20-26-9-1-10-27-20/h2-5,7,11,20H,1,6,8-10,12-13H2. The molecule has 142 valence electrons. The number of carbonyl (C=O) groups is 2. The lowest BCUT2D eigenvalue weighted by atomic mass is 10.1. The molecule has 0 atom stereocenters. The van der Waals surface area contributed by atoms with E-state index in [4.69, 9.17) is 4.74 Å². The van der Waals surface area contributed by atoms with Gasteiger partial charge in [0.15, 0.2) is 6.61 Å². The largest absolute Gasteiger partial charge is 0.452 e. The van der Waals surface area contributed by atoms with Gasteiger partial charge in [-0.05, 0) is 59.1 Å². The zero-order valence-corrected chi connectivity index (χ0v) is 17.3. The van der Waals surface area contributed by atoms with E-state index in [0.717, 1.165) is 6.42 Å². The lowest BCUT2D eigenvalue weighted by Gasteiger charge is -2.26. The fourth-order valence-corrected chi connectivity index (χ4v) is 7.00. The van der Waals surface area contributed by atoms with Gasteiger partial charge in [-0.15, -0.1) is 34.9 Å². The number of hydrogen-bond donors (Lipinski definition) is 0. The normalized spacial score (nSPS) is 17.4. The van der Waals surface area contributed by atoms with E-state index in [1.54, 1.807) is 28.4 Å². The molecule has 0 aliphatic carbocycles. The number of ether oxygens (including phenoxy) is 1. The van der Waals surface area contributed by atoms with Gasteiger partial charge in [-0.2, -0.15) is 0 Å². The Bertz CT molecular complexity index is 812. The van der Waals surface area contributed by atoms with E-state index >= 15 is 0 Å². The summed E-state index contributed by atoms with van der Waals surface area (Å²) in [5.41, 5.74) is 2.94. The Labute approximate surface area is 171 Å². The molecule has 0 saturated carbocycles. The number of rotatable bonds is 4. The van der Waals surface area contributed by atoms with Crippen molar-refractivity contribution in [3.8, 4) is 0 Å². The van der Waals surface area contributed by atoms with E-state index in [2.05, 4.69) is 11.4 Å². The highest BCUT2D eigenvalue weighted by Crippen LogP contribution is 2.43. The fourth-order valence-electron chi connectivity index (χ4n) is 3.22. The van der Waals surface area contributed by atoms with E-state index < -0.39 is 5.97 Å². The second kappa shape index (κ2) is 8.71. The van der Waals surface area contributed by atoms with Crippen molar-refractivity contribution in [3.63, 3.8) is 0 Å². The van der Waals surface area contributed by atoms with Crippen LogP contribution in [0.5, 0.6) is 0 Å². The smallest absolute Gasteiger partial charge is 0.338 e. The minimum Gasteiger partial charge on any atom is -0.452 e. The monoisotopic (exact) mass is 419 g/mol. The minimum absolute atomic E-state index is 0.133. The molecule has 1 aromatic carbocycles. The maximum Gasteiger partial charge on any atom is 0.338 e. The van der Waals surface area contributed by atoms with Crippen LogP contribution in [0.3, 0.4) is 0 Å². The van der Waals surface area contributed by atoms with Crippen molar-refractivity contribution >= 4 is 46.7 Å². The Kier molecular flexibility index (Phi) is 6.10. The summed E-state index contributed by atoms with van der Waals surface area (Å²) in [6.45, 7) is 1.10. The van der Waals surface area contributed by atoms with Crippen molar-refractivity contribution in [1.29, 1.82) is 0 Å². The zero-order valence-electron chi connectivity index (χ0n) is 14.9. The van der Waals surface area contributed by atoms with Gasteiger partial charge < -0.3 is 9.64 Å². The number of benzene rings is 1. The second-order valence-electron chi connectivity index (χ2n) is 6.56. The van der Waals surface area contributed by atoms with Crippen LogP contribution >= 0.6 is 34.9 Å². The van der Waals surface area contributed by atoms with Gasteiger partial charge in [0, 0.05) is 18.0 Å². The van der Waals surface area contributed by atoms with Crippen LogP contribution in [0.25, 0.3) is 0 Å². The van der Waals surface area contributed by atoms with Crippen molar-refractivity contribution in [2.75, 3.05) is 24.7 Å². The summed E-state index contributed by atoms with van der Waals surface area (Å²) < 4.78 is 5.71. The number of nitrogens with zero attached hydrogens (tertiary/aromatic N) is 1. The number of carbonyl (C=O) groups excluding carboxylic acids is 2. The summed E-state index contributed by atoms with van der Waals surface area (Å²) in [4.78, 5) is 27.8. The molecule has 1 saturated heterocycles. The molecule has 2 aromatic rings. The highest BCUT2D eigenvalue weighted by Gasteiger charge is 2.23. The summed E-state index contributed by atoms with van der Waals surface area (Å²) in [6, 6.07) is 9.66. The summed E-state index contributed by atoms with van der Waals surface area (Å²) >= 11 is 5.65. The molecule has 3 heterocycles. The third-order valence-electron chi connectivity index (χ3n) is 4.73. The maximum atomic E-state index is 12.4. The maximum absolute atomic E-state index is 12.4. The lowest BCUT2D eigenvalue weighted by Crippen LogP contribution is -2.38. The van der Waals surface area contributed by atoms with Crippen LogP contribution in [-0.4, -0.2) is 41.4 Å². The minimum atomic E-state index is -0.438. The lowest BCUT2D eigenvalue weighted by molar-refractivity contribution is -0.135. The fraction of sp³-hybridized carbons (Fsp3) is 0.400. The summed E-state index contributed by atoms with van der Waals surface area (Å²) in [5, 5.41) is 2.06. The molecular formula is C20H21NO3S3. The molecular weight excluding hydrogens is 398 g/mol. The third kappa shape index (κ3) is 4.52. The highest BCUT2D eigenvalue weighted by atomic mass is 32.2. The van der Waals surface area contributed by atoms with E-state index in [1.165, 1.54) is 33.9 Å². The third-order valence-corrected chi connectivity index (χ3v) is 8.77. The van der Waals surface area contributed by atoms with Crippen LogP contribution in [0.4, 0.5) is 0 Å². The van der Waals surface area contributed by atoms with Gasteiger partial charge in [0.2, 0.25) is 0 Å². The Hall–Kier alpha value is -1.44. The molecule has 0 bridgehead atoms. The molecule has 1 amide bonds. The highest BCUT2D eigenvalue weighted by molar-refractivity contribution is 8.16. The predicted octanol–water partition coefficient (Wildman–Crippen LogP) is 4.36. The number of hydrogen-bond acceptors (Lipinski definition) is 6. The Balaban J connectivity index is 1.29. The number of thioether (sulfide) groups is 2. The van der Waals surface area contributed by atoms with Crippen molar-refractivity contribution in [1.82, 2.24) is 4.90 Å². The molecule has 0 radical (unpaired) electrons. The first-order valence-corrected chi connectivity index (χ1v) is 12.0.